The Morgan fingerprint density at radius 2 is 1.88 bits per heavy atom. The van der Waals surface area contributed by atoms with Gasteiger partial charge in [-0.3, -0.25) is 4.79 Å². The second-order valence-electron chi connectivity index (χ2n) is 4.45. The number of nitrogens with one attached hydrogen (secondary N) is 1. The van der Waals surface area contributed by atoms with Crippen molar-refractivity contribution in [3.05, 3.63) is 0 Å². The smallest absolute Gasteiger partial charge is 0.323 e. The minimum Gasteiger partial charge on any atom is -0.468 e. The predicted molar refractivity (Wildman–Crippen MR) is 67.4 cm³/mol. The van der Waals surface area contributed by atoms with E-state index in [0.29, 0.717) is 12.0 Å². The van der Waals surface area contributed by atoms with Crippen LogP contribution in [0.25, 0.3) is 0 Å². The highest BCUT2D eigenvalue weighted by molar-refractivity contribution is 5.76. The van der Waals surface area contributed by atoms with Crippen LogP contribution in [0.3, 0.4) is 0 Å². The standard InChI is InChI=1S/C13H27NO2/c1-6-9-11(8-3)14-12(10(4)7-2)13(15)16-5/h10-12,14H,6-9H2,1-5H3. The zero-order chi connectivity index (χ0) is 12.6. The van der Waals surface area contributed by atoms with Crippen LogP contribution < -0.4 is 5.32 Å². The quantitative estimate of drug-likeness (QED) is 0.650. The lowest BCUT2D eigenvalue weighted by Crippen LogP contribution is -2.47. The molecule has 0 radical (unpaired) electrons. The van der Waals surface area contributed by atoms with Gasteiger partial charge in [-0.1, -0.05) is 40.5 Å². The van der Waals surface area contributed by atoms with Crippen molar-refractivity contribution in [3.63, 3.8) is 0 Å². The van der Waals surface area contributed by atoms with Gasteiger partial charge in [0.05, 0.1) is 7.11 Å². The van der Waals surface area contributed by atoms with Crippen LogP contribution in [0.2, 0.25) is 0 Å². The monoisotopic (exact) mass is 229 g/mol. The molecular formula is C13H27NO2. The molecule has 0 fully saturated rings. The van der Waals surface area contributed by atoms with Crippen molar-refractivity contribution < 1.29 is 9.53 Å². The van der Waals surface area contributed by atoms with Gasteiger partial charge < -0.3 is 10.1 Å². The van der Waals surface area contributed by atoms with E-state index in [4.69, 9.17) is 4.74 Å². The van der Waals surface area contributed by atoms with E-state index in [1.165, 1.54) is 7.11 Å². The van der Waals surface area contributed by atoms with Gasteiger partial charge in [0.25, 0.3) is 0 Å². The average molecular weight is 229 g/mol. The van der Waals surface area contributed by atoms with Crippen molar-refractivity contribution in [1.29, 1.82) is 0 Å². The van der Waals surface area contributed by atoms with Gasteiger partial charge in [0.15, 0.2) is 0 Å². The van der Waals surface area contributed by atoms with Gasteiger partial charge in [-0.2, -0.15) is 0 Å². The van der Waals surface area contributed by atoms with E-state index in [1.54, 1.807) is 0 Å². The van der Waals surface area contributed by atoms with Gasteiger partial charge in [0.1, 0.15) is 6.04 Å². The largest absolute Gasteiger partial charge is 0.468 e. The molecule has 96 valence electrons. The van der Waals surface area contributed by atoms with Crippen molar-refractivity contribution in [2.75, 3.05) is 7.11 Å². The third kappa shape index (κ3) is 4.97. The van der Waals surface area contributed by atoms with Gasteiger partial charge in [0, 0.05) is 6.04 Å². The normalized spacial score (nSPS) is 16.6. The molecule has 0 saturated heterocycles. The van der Waals surface area contributed by atoms with Gasteiger partial charge in [0.2, 0.25) is 0 Å². The van der Waals surface area contributed by atoms with E-state index in [0.717, 1.165) is 25.7 Å². The summed E-state index contributed by atoms with van der Waals surface area (Å²) in [7, 11) is 1.46. The molecule has 0 rings (SSSR count). The van der Waals surface area contributed by atoms with E-state index in [1.807, 2.05) is 0 Å². The maximum absolute atomic E-state index is 11.7. The Morgan fingerprint density at radius 3 is 2.25 bits per heavy atom. The highest BCUT2D eigenvalue weighted by Crippen LogP contribution is 2.12. The molecule has 0 aromatic rings. The van der Waals surface area contributed by atoms with E-state index >= 15 is 0 Å². The molecule has 0 aliphatic carbocycles. The number of hydrogen-bond donors (Lipinski definition) is 1. The zero-order valence-electron chi connectivity index (χ0n) is 11.4. The van der Waals surface area contributed by atoms with Gasteiger partial charge in [-0.25, -0.2) is 0 Å². The van der Waals surface area contributed by atoms with Crippen molar-refractivity contribution in [2.24, 2.45) is 5.92 Å². The fourth-order valence-electron chi connectivity index (χ4n) is 1.83. The van der Waals surface area contributed by atoms with Crippen LogP contribution in [0.15, 0.2) is 0 Å². The lowest BCUT2D eigenvalue weighted by Gasteiger charge is -2.27. The third-order valence-corrected chi connectivity index (χ3v) is 3.21. The molecule has 16 heavy (non-hydrogen) atoms. The summed E-state index contributed by atoms with van der Waals surface area (Å²) >= 11 is 0. The first-order valence-electron chi connectivity index (χ1n) is 6.44. The van der Waals surface area contributed by atoms with E-state index in [9.17, 15) is 4.79 Å². The zero-order valence-corrected chi connectivity index (χ0v) is 11.4. The fourth-order valence-corrected chi connectivity index (χ4v) is 1.83. The summed E-state index contributed by atoms with van der Waals surface area (Å²) in [5, 5.41) is 3.43. The van der Waals surface area contributed by atoms with Crippen LogP contribution in [-0.2, 0) is 9.53 Å². The van der Waals surface area contributed by atoms with Gasteiger partial charge >= 0.3 is 5.97 Å². The lowest BCUT2D eigenvalue weighted by atomic mass is 9.97. The molecule has 0 aliphatic rings. The van der Waals surface area contributed by atoms with Gasteiger partial charge in [-0.15, -0.1) is 0 Å². The number of carbonyl (C=O) groups excluding carboxylic acids is 1. The van der Waals surface area contributed by atoms with E-state index in [2.05, 4.69) is 33.0 Å². The molecular weight excluding hydrogens is 202 g/mol. The molecule has 0 aromatic carbocycles. The Hall–Kier alpha value is -0.570. The second-order valence-corrected chi connectivity index (χ2v) is 4.45. The van der Waals surface area contributed by atoms with E-state index < -0.39 is 0 Å². The van der Waals surface area contributed by atoms with Crippen LogP contribution in [0.5, 0.6) is 0 Å². The van der Waals surface area contributed by atoms with Crippen molar-refractivity contribution in [3.8, 4) is 0 Å². The number of rotatable bonds is 8. The lowest BCUT2D eigenvalue weighted by molar-refractivity contribution is -0.144. The van der Waals surface area contributed by atoms with Crippen LogP contribution in [0.4, 0.5) is 0 Å². The minimum absolute atomic E-state index is 0.135. The summed E-state index contributed by atoms with van der Waals surface area (Å²) in [6, 6.07) is 0.259. The third-order valence-electron chi connectivity index (χ3n) is 3.21. The molecule has 3 atom stereocenters. The van der Waals surface area contributed by atoms with E-state index in [-0.39, 0.29) is 12.0 Å². The minimum atomic E-state index is -0.161. The van der Waals surface area contributed by atoms with Crippen LogP contribution in [-0.4, -0.2) is 25.2 Å². The Kier molecular flexibility index (Phi) is 8.26. The maximum atomic E-state index is 11.7. The highest BCUT2D eigenvalue weighted by Gasteiger charge is 2.26. The number of esters is 1. The molecule has 1 N–H and O–H groups in total. The Morgan fingerprint density at radius 1 is 1.25 bits per heavy atom. The topological polar surface area (TPSA) is 38.3 Å². The van der Waals surface area contributed by atoms with Crippen molar-refractivity contribution >= 4 is 5.97 Å². The summed E-state index contributed by atoms with van der Waals surface area (Å²) in [4.78, 5) is 11.7. The Bertz CT molecular complexity index is 194. The van der Waals surface area contributed by atoms with Crippen molar-refractivity contribution in [1.82, 2.24) is 5.32 Å². The summed E-state index contributed by atoms with van der Waals surface area (Å²) in [5.74, 6) is 0.183. The molecule has 0 heterocycles. The molecule has 0 bridgehead atoms. The number of carbonyl (C=O) groups is 1. The first-order chi connectivity index (χ1) is 7.60. The van der Waals surface area contributed by atoms with Crippen LogP contribution in [0.1, 0.15) is 53.4 Å². The number of ether oxygens (including phenoxy) is 1. The predicted octanol–water partition coefficient (Wildman–Crippen LogP) is 2.74. The van der Waals surface area contributed by atoms with Gasteiger partial charge in [-0.05, 0) is 18.8 Å². The van der Waals surface area contributed by atoms with Crippen molar-refractivity contribution in [2.45, 2.75) is 65.5 Å². The Labute approximate surface area is 99.9 Å². The number of methoxy groups -OCH3 is 1. The second kappa shape index (κ2) is 8.57. The molecule has 0 amide bonds. The fraction of sp³-hybridized carbons (Fsp3) is 0.923. The SMILES string of the molecule is CCCC(CC)NC(C(=O)OC)C(C)CC. The first-order valence-corrected chi connectivity index (χ1v) is 6.44. The first kappa shape index (κ1) is 15.4. The maximum Gasteiger partial charge on any atom is 0.323 e. The molecule has 3 heteroatoms. The summed E-state index contributed by atoms with van der Waals surface area (Å²) in [5.41, 5.74) is 0. The Balaban J connectivity index is 4.45. The molecule has 0 spiro atoms. The molecule has 0 aliphatic heterocycles. The van der Waals surface area contributed by atoms with Crippen LogP contribution in [0, 0.1) is 5.92 Å². The highest BCUT2D eigenvalue weighted by atomic mass is 16.5. The molecule has 0 aromatic heterocycles. The summed E-state index contributed by atoms with van der Waals surface area (Å²) in [6.07, 6.45) is 4.29. The molecule has 3 unspecified atom stereocenters. The molecule has 3 nitrogen and oxygen atoms in total. The average Bonchev–Trinajstić information content (AvgIpc) is 2.32. The molecule has 0 saturated carbocycles. The van der Waals surface area contributed by atoms with Crippen LogP contribution >= 0.6 is 0 Å². The summed E-state index contributed by atoms with van der Waals surface area (Å²) in [6.45, 7) is 8.51. The number of hydrogen-bond acceptors (Lipinski definition) is 3. The summed E-state index contributed by atoms with van der Waals surface area (Å²) < 4.78 is 4.86.